The molecule has 0 amide bonds. The average molecular weight is 412 g/mol. The quantitative estimate of drug-likeness (QED) is 0.494. The molecule has 0 bridgehead atoms. The van der Waals surface area contributed by atoms with E-state index < -0.39 is 0 Å². The zero-order valence-electron chi connectivity index (χ0n) is 15.3. The first-order valence-corrected chi connectivity index (χ1v) is 8.84. The van der Waals surface area contributed by atoms with Crippen LogP contribution in [0.15, 0.2) is 53.1 Å². The predicted molar refractivity (Wildman–Crippen MR) is 108 cm³/mol. The first-order valence-electron chi connectivity index (χ1n) is 8.20. The normalized spacial score (nSPS) is 18.2. The number of fused-ring (bicyclic) bond motifs is 1. The summed E-state index contributed by atoms with van der Waals surface area (Å²) < 4.78 is 5.73. The van der Waals surface area contributed by atoms with Crippen LogP contribution in [0, 0.1) is 5.92 Å². The Bertz CT molecular complexity index is 839. The van der Waals surface area contributed by atoms with Crippen LogP contribution >= 0.6 is 24.8 Å². The molecule has 0 fully saturated rings. The summed E-state index contributed by atoms with van der Waals surface area (Å²) >= 11 is 1.80. The molecule has 0 aromatic heterocycles. The Morgan fingerprint density at radius 1 is 0.960 bits per heavy atom. The Balaban J connectivity index is 0.00000156. The molecule has 1 aliphatic carbocycles. The molecular weight excluding hydrogens is 387 g/mol. The molecule has 0 saturated heterocycles. The largest absolute Gasteiger partial charge is 0.147 e. The van der Waals surface area contributed by atoms with Gasteiger partial charge in [-0.3, -0.25) is 0 Å². The van der Waals surface area contributed by atoms with Gasteiger partial charge in [0.15, 0.2) is 0 Å². The van der Waals surface area contributed by atoms with Gasteiger partial charge in [0.2, 0.25) is 0 Å². The van der Waals surface area contributed by atoms with E-state index in [0.717, 1.165) is 0 Å². The van der Waals surface area contributed by atoms with Crippen LogP contribution in [0.3, 0.4) is 0 Å². The van der Waals surface area contributed by atoms with E-state index in [1.54, 1.807) is 20.8 Å². The Hall–Kier alpha value is -0.566. The fourth-order valence-corrected chi connectivity index (χ4v) is 4.01. The van der Waals surface area contributed by atoms with Crippen molar-refractivity contribution < 1.29 is 24.1 Å². The van der Waals surface area contributed by atoms with E-state index in [-0.39, 0.29) is 30.9 Å². The maximum Gasteiger partial charge on any atom is -0.147 e. The van der Waals surface area contributed by atoms with Crippen LogP contribution in [0.5, 0.6) is 0 Å². The van der Waals surface area contributed by atoms with E-state index in [2.05, 4.69) is 71.0 Å². The van der Waals surface area contributed by atoms with Crippen molar-refractivity contribution in [2.24, 2.45) is 5.92 Å². The Labute approximate surface area is 175 Å². The minimum Gasteiger partial charge on any atom is -0.147 e. The SMILES string of the molecule is CC1=C(C)C(C)C(c2ccc3ccccc3c2C(C)[O][Ti])=C1C.Cl.Cl. The summed E-state index contributed by atoms with van der Waals surface area (Å²) in [6.45, 7) is 11.2. The molecule has 2 atom stereocenters. The molecule has 2 unspecified atom stereocenters. The fourth-order valence-electron chi connectivity index (χ4n) is 3.83. The summed E-state index contributed by atoms with van der Waals surface area (Å²) in [7, 11) is 0. The first kappa shape index (κ1) is 22.5. The van der Waals surface area contributed by atoms with E-state index >= 15 is 0 Å². The molecule has 1 aliphatic rings. The van der Waals surface area contributed by atoms with Crippen molar-refractivity contribution in [1.29, 1.82) is 0 Å². The summed E-state index contributed by atoms with van der Waals surface area (Å²) in [5.41, 5.74) is 8.48. The van der Waals surface area contributed by atoms with E-state index in [4.69, 9.17) is 3.32 Å². The van der Waals surface area contributed by atoms with Crippen LogP contribution in [0.25, 0.3) is 16.3 Å². The van der Waals surface area contributed by atoms with Crippen molar-refractivity contribution >= 4 is 41.2 Å². The van der Waals surface area contributed by atoms with Gasteiger partial charge in [-0.2, -0.15) is 0 Å². The van der Waals surface area contributed by atoms with E-state index in [0.29, 0.717) is 5.92 Å². The Morgan fingerprint density at radius 3 is 2.16 bits per heavy atom. The van der Waals surface area contributed by atoms with Crippen molar-refractivity contribution in [2.75, 3.05) is 0 Å². The van der Waals surface area contributed by atoms with Gasteiger partial charge >= 0.3 is 151 Å². The number of rotatable bonds is 3. The summed E-state index contributed by atoms with van der Waals surface area (Å²) in [5.74, 6) is 0.471. The zero-order valence-corrected chi connectivity index (χ0v) is 18.5. The van der Waals surface area contributed by atoms with Crippen LogP contribution in [-0.2, 0) is 24.1 Å². The second-order valence-corrected chi connectivity index (χ2v) is 6.94. The molecule has 0 spiro atoms. The van der Waals surface area contributed by atoms with Crippen LogP contribution in [0.2, 0.25) is 0 Å². The maximum absolute atomic E-state index is 5.73. The molecule has 133 valence electrons. The van der Waals surface area contributed by atoms with Crippen molar-refractivity contribution in [3.05, 3.63) is 64.2 Å². The molecule has 0 N–H and O–H groups in total. The molecule has 0 radical (unpaired) electrons. The molecule has 25 heavy (non-hydrogen) atoms. The minimum atomic E-state index is 0. The predicted octanol–water partition coefficient (Wildman–Crippen LogP) is 6.98. The third-order valence-corrected chi connectivity index (χ3v) is 6.04. The van der Waals surface area contributed by atoms with Crippen molar-refractivity contribution in [2.45, 2.75) is 40.7 Å². The van der Waals surface area contributed by atoms with Crippen LogP contribution in [0.1, 0.15) is 51.8 Å². The number of hydrogen-bond acceptors (Lipinski definition) is 1. The smallest absolute Gasteiger partial charge is 0.147 e. The molecule has 2 aromatic carbocycles. The average Bonchev–Trinajstić information content (AvgIpc) is 2.76. The molecule has 2 aromatic rings. The number of allylic oxidation sites excluding steroid dienone is 4. The van der Waals surface area contributed by atoms with Crippen molar-refractivity contribution in [3.8, 4) is 0 Å². The monoisotopic (exact) mass is 411 g/mol. The molecule has 0 saturated carbocycles. The van der Waals surface area contributed by atoms with E-state index in [1.807, 2.05) is 0 Å². The van der Waals surface area contributed by atoms with E-state index in [1.165, 1.54) is 44.2 Å². The third kappa shape index (κ3) is 3.77. The van der Waals surface area contributed by atoms with Gasteiger partial charge in [0.25, 0.3) is 0 Å². The zero-order chi connectivity index (χ0) is 16.7. The Morgan fingerprint density at radius 2 is 1.60 bits per heavy atom. The summed E-state index contributed by atoms with van der Waals surface area (Å²) in [6.07, 6.45) is 0.0739. The summed E-state index contributed by atoms with van der Waals surface area (Å²) in [4.78, 5) is 0. The van der Waals surface area contributed by atoms with E-state index in [9.17, 15) is 0 Å². The van der Waals surface area contributed by atoms with Crippen molar-refractivity contribution in [3.63, 3.8) is 0 Å². The second kappa shape index (κ2) is 8.88. The van der Waals surface area contributed by atoms with Gasteiger partial charge in [-0.05, 0) is 0 Å². The topological polar surface area (TPSA) is 9.23 Å². The summed E-state index contributed by atoms with van der Waals surface area (Å²) in [6, 6.07) is 13.1. The molecule has 0 aliphatic heterocycles. The molecular formula is C21H25Cl2OTi. The number of hydrogen-bond donors (Lipinski definition) is 0. The van der Waals surface area contributed by atoms with Crippen LogP contribution in [-0.4, -0.2) is 0 Å². The van der Waals surface area contributed by atoms with Crippen molar-refractivity contribution in [1.82, 2.24) is 0 Å². The second-order valence-electron chi connectivity index (χ2n) is 6.58. The van der Waals surface area contributed by atoms with Gasteiger partial charge in [-0.25, -0.2) is 0 Å². The maximum atomic E-state index is 5.73. The van der Waals surface area contributed by atoms with Gasteiger partial charge in [0.05, 0.1) is 0 Å². The molecule has 0 heterocycles. The summed E-state index contributed by atoms with van der Waals surface area (Å²) in [5, 5.41) is 2.58. The van der Waals surface area contributed by atoms with Gasteiger partial charge in [0.1, 0.15) is 0 Å². The number of halogens is 2. The number of benzene rings is 2. The molecule has 1 nitrogen and oxygen atoms in total. The first-order chi connectivity index (χ1) is 11.0. The standard InChI is InChI=1S/C21H23O.2ClH.Ti/c1-12-13(2)15(4)20(14(12)3)19-11-10-17-8-6-7-9-18(17)21(19)16(5)22;;;/h6-11,14,16H,1-5H3;2*1H;/q-1;;;+1. The molecule has 3 rings (SSSR count). The van der Waals surface area contributed by atoms with Gasteiger partial charge in [0, 0.05) is 0 Å². The third-order valence-electron chi connectivity index (χ3n) is 5.48. The Kier molecular flexibility index (Phi) is 7.99. The molecule has 4 heteroatoms. The van der Waals surface area contributed by atoms with Gasteiger partial charge in [-0.1, -0.05) is 0 Å². The van der Waals surface area contributed by atoms with Crippen LogP contribution < -0.4 is 0 Å². The van der Waals surface area contributed by atoms with Gasteiger partial charge < -0.3 is 0 Å². The van der Waals surface area contributed by atoms with Gasteiger partial charge in [-0.15, -0.1) is 24.8 Å². The van der Waals surface area contributed by atoms with Crippen LogP contribution in [0.4, 0.5) is 0 Å². The minimum absolute atomic E-state index is 0. The fraction of sp³-hybridized carbons (Fsp3) is 0.333.